The summed E-state index contributed by atoms with van der Waals surface area (Å²) in [6.45, 7) is 6.51. The molecule has 0 spiro atoms. The van der Waals surface area contributed by atoms with Gasteiger partial charge in [0.25, 0.3) is 0 Å². The Hall–Kier alpha value is -4.16. The minimum absolute atomic E-state index is 0.273. The van der Waals surface area contributed by atoms with E-state index < -0.39 is 21.7 Å². The second-order valence-corrected chi connectivity index (χ2v) is 14.5. The lowest BCUT2D eigenvalue weighted by Gasteiger charge is -2.29. The van der Waals surface area contributed by atoms with E-state index in [9.17, 15) is 13.2 Å². The van der Waals surface area contributed by atoms with Crippen LogP contribution in [0, 0.1) is 11.8 Å². The first-order valence-corrected chi connectivity index (χ1v) is 16.8. The van der Waals surface area contributed by atoms with Crippen LogP contribution in [0.15, 0.2) is 65.6 Å². The van der Waals surface area contributed by atoms with Crippen LogP contribution < -0.4 is 25.8 Å². The van der Waals surface area contributed by atoms with Gasteiger partial charge >= 0.3 is 6.09 Å². The van der Waals surface area contributed by atoms with Crippen LogP contribution in [0.4, 0.5) is 22.2 Å². The van der Waals surface area contributed by atoms with Crippen molar-refractivity contribution in [2.24, 2.45) is 11.8 Å². The third-order valence-electron chi connectivity index (χ3n) is 7.99. The van der Waals surface area contributed by atoms with E-state index in [1.165, 1.54) is 0 Å². The molecule has 0 atom stereocenters. The molecule has 45 heavy (non-hydrogen) atoms. The molecule has 1 aliphatic carbocycles. The summed E-state index contributed by atoms with van der Waals surface area (Å²) in [5, 5.41) is 5.78. The van der Waals surface area contributed by atoms with E-state index in [2.05, 4.69) is 30.9 Å². The first kappa shape index (κ1) is 32.2. The molecule has 12 heteroatoms. The summed E-state index contributed by atoms with van der Waals surface area (Å²) in [4.78, 5) is 23.7. The molecule has 11 nitrogen and oxygen atoms in total. The van der Waals surface area contributed by atoms with E-state index in [0.717, 1.165) is 53.0 Å². The van der Waals surface area contributed by atoms with Gasteiger partial charge in [-0.2, -0.15) is 4.98 Å². The standard InChI is InChI=1S/C33H43N7O4S/c1-33(2,3)44-32(41)39-38-30-26-10-6-7-13-27(26)36-31(37-30)34-20-22-16-18-23(19-17-22)21-35-45(42,43)29-15-9-11-24-25(29)12-8-14-28(24)40(4)5/h6-15,22-23,35H,16-21H2,1-5H3,(H,39,41)(H2,34,36,37,38)/t22-,23-. The fraction of sp³-hybridized carbons (Fsp3) is 0.424. The Morgan fingerprint density at radius 3 is 2.22 bits per heavy atom. The first-order chi connectivity index (χ1) is 21.4. The maximum atomic E-state index is 13.4. The maximum absolute atomic E-state index is 13.4. The number of para-hydroxylation sites is 1. The topological polar surface area (TPSA) is 138 Å². The van der Waals surface area contributed by atoms with E-state index in [-0.39, 0.29) is 5.92 Å². The number of hydrazine groups is 1. The molecule has 240 valence electrons. The Morgan fingerprint density at radius 1 is 0.867 bits per heavy atom. The summed E-state index contributed by atoms with van der Waals surface area (Å²) in [7, 11) is 0.241. The summed E-state index contributed by atoms with van der Waals surface area (Å²) in [6.07, 6.45) is 3.20. The SMILES string of the molecule is CN(C)c1cccc2c(S(=O)(=O)NC[C@H]3CC[C@H](CNc4nc(NNC(=O)OC(C)(C)C)c5ccccc5n4)CC3)cccc12. The van der Waals surface area contributed by atoms with Gasteiger partial charge in [0, 0.05) is 49.0 Å². The lowest BCUT2D eigenvalue weighted by atomic mass is 9.82. The zero-order chi connectivity index (χ0) is 32.2. The molecule has 1 heterocycles. The molecule has 1 fully saturated rings. The van der Waals surface area contributed by atoms with E-state index in [1.54, 1.807) is 32.9 Å². The summed E-state index contributed by atoms with van der Waals surface area (Å²) in [5.41, 5.74) is 6.53. The van der Waals surface area contributed by atoms with Crippen LogP contribution in [0.3, 0.4) is 0 Å². The van der Waals surface area contributed by atoms with Crippen LogP contribution in [0.1, 0.15) is 46.5 Å². The average molecular weight is 634 g/mol. The van der Waals surface area contributed by atoms with Crippen molar-refractivity contribution in [3.8, 4) is 0 Å². The predicted molar refractivity (Wildman–Crippen MR) is 180 cm³/mol. The van der Waals surface area contributed by atoms with Crippen LogP contribution in [-0.2, 0) is 14.8 Å². The van der Waals surface area contributed by atoms with Crippen molar-refractivity contribution in [2.45, 2.75) is 57.0 Å². The number of nitrogens with one attached hydrogen (secondary N) is 4. The van der Waals surface area contributed by atoms with Crippen LogP contribution in [0.5, 0.6) is 0 Å². The van der Waals surface area contributed by atoms with Gasteiger partial charge in [0.1, 0.15) is 5.60 Å². The molecule has 5 rings (SSSR count). The van der Waals surface area contributed by atoms with E-state index in [4.69, 9.17) is 4.74 Å². The predicted octanol–water partition coefficient (Wildman–Crippen LogP) is 5.90. The van der Waals surface area contributed by atoms with Gasteiger partial charge < -0.3 is 15.0 Å². The molecule has 1 aliphatic rings. The summed E-state index contributed by atoms with van der Waals surface area (Å²) in [6, 6.07) is 18.8. The average Bonchev–Trinajstić information content (AvgIpc) is 3.00. The van der Waals surface area contributed by atoms with E-state index in [0.29, 0.717) is 35.7 Å². The molecule has 1 aromatic heterocycles. The number of hydrogen-bond acceptors (Lipinski definition) is 9. The lowest BCUT2D eigenvalue weighted by molar-refractivity contribution is 0.0541. The van der Waals surface area contributed by atoms with Gasteiger partial charge in [0.05, 0.1) is 10.4 Å². The quantitative estimate of drug-likeness (QED) is 0.157. The number of benzene rings is 3. The molecule has 4 aromatic rings. The number of fused-ring (bicyclic) bond motifs is 2. The monoisotopic (exact) mass is 633 g/mol. The van der Waals surface area contributed by atoms with Crippen LogP contribution in [-0.4, -0.2) is 57.3 Å². The van der Waals surface area contributed by atoms with Crippen LogP contribution in [0.25, 0.3) is 21.7 Å². The van der Waals surface area contributed by atoms with Crippen LogP contribution in [0.2, 0.25) is 0 Å². The number of hydrogen-bond donors (Lipinski definition) is 4. The van der Waals surface area contributed by atoms with Gasteiger partial charge in [0.2, 0.25) is 16.0 Å². The van der Waals surface area contributed by atoms with Crippen molar-refractivity contribution < 1.29 is 17.9 Å². The zero-order valence-corrected chi connectivity index (χ0v) is 27.4. The van der Waals surface area contributed by atoms with Crippen molar-refractivity contribution in [1.82, 2.24) is 20.1 Å². The highest BCUT2D eigenvalue weighted by Crippen LogP contribution is 2.32. The molecule has 3 aromatic carbocycles. The number of nitrogens with zero attached hydrogens (tertiary/aromatic N) is 3. The largest absolute Gasteiger partial charge is 0.443 e. The Kier molecular flexibility index (Phi) is 9.64. The Labute approximate surface area is 265 Å². The van der Waals surface area contributed by atoms with Gasteiger partial charge in [0.15, 0.2) is 5.82 Å². The molecule has 1 saturated carbocycles. The number of sulfonamides is 1. The normalized spacial score (nSPS) is 17.2. The molecule has 0 aliphatic heterocycles. The molecule has 0 saturated heterocycles. The van der Waals surface area contributed by atoms with E-state index >= 15 is 0 Å². The van der Waals surface area contributed by atoms with Gasteiger partial charge in [-0.05, 0) is 82.6 Å². The van der Waals surface area contributed by atoms with Gasteiger partial charge in [-0.15, -0.1) is 0 Å². The second-order valence-electron chi connectivity index (χ2n) is 12.8. The van der Waals surface area contributed by atoms with Crippen molar-refractivity contribution in [3.63, 3.8) is 0 Å². The third kappa shape index (κ3) is 8.12. The minimum Gasteiger partial charge on any atom is -0.443 e. The number of carbonyl (C=O) groups is 1. The van der Waals surface area contributed by atoms with E-state index in [1.807, 2.05) is 67.5 Å². The number of carbonyl (C=O) groups excluding carboxylic acids is 1. The number of ether oxygens (including phenoxy) is 1. The maximum Gasteiger partial charge on any atom is 0.426 e. The number of rotatable bonds is 10. The zero-order valence-electron chi connectivity index (χ0n) is 26.6. The van der Waals surface area contributed by atoms with Crippen molar-refractivity contribution in [2.75, 3.05) is 42.8 Å². The number of anilines is 3. The summed E-state index contributed by atoms with van der Waals surface area (Å²) in [5.74, 6) is 1.61. The second kappa shape index (κ2) is 13.5. The van der Waals surface area contributed by atoms with Crippen molar-refractivity contribution >= 4 is 55.2 Å². The Morgan fingerprint density at radius 2 is 1.51 bits per heavy atom. The number of amides is 1. The molecule has 0 bridgehead atoms. The minimum atomic E-state index is -3.67. The van der Waals surface area contributed by atoms with Gasteiger partial charge in [-0.25, -0.2) is 28.3 Å². The highest BCUT2D eigenvalue weighted by atomic mass is 32.2. The summed E-state index contributed by atoms with van der Waals surface area (Å²) < 4.78 is 35.0. The Balaban J connectivity index is 1.15. The first-order valence-electron chi connectivity index (χ1n) is 15.3. The fourth-order valence-electron chi connectivity index (χ4n) is 5.73. The van der Waals surface area contributed by atoms with Crippen LogP contribution >= 0.6 is 0 Å². The smallest absolute Gasteiger partial charge is 0.426 e. The van der Waals surface area contributed by atoms with Crippen molar-refractivity contribution in [1.29, 1.82) is 0 Å². The van der Waals surface area contributed by atoms with Gasteiger partial charge in [-0.1, -0.05) is 36.4 Å². The fourth-order valence-corrected chi connectivity index (χ4v) is 7.07. The molecule has 1 amide bonds. The molecule has 0 unspecified atom stereocenters. The molecule has 0 radical (unpaired) electrons. The Bertz CT molecular complexity index is 1760. The third-order valence-corrected chi connectivity index (χ3v) is 9.47. The molecular weight excluding hydrogens is 590 g/mol. The lowest BCUT2D eigenvalue weighted by Crippen LogP contribution is -2.36. The van der Waals surface area contributed by atoms with Crippen molar-refractivity contribution in [3.05, 3.63) is 60.7 Å². The highest BCUT2D eigenvalue weighted by Gasteiger charge is 2.25. The highest BCUT2D eigenvalue weighted by molar-refractivity contribution is 7.89. The molecule has 4 N–H and O–H groups in total. The van der Waals surface area contributed by atoms with Gasteiger partial charge in [-0.3, -0.25) is 5.43 Å². The summed E-state index contributed by atoms with van der Waals surface area (Å²) >= 11 is 0. The number of aromatic nitrogens is 2. The molecular formula is C33H43N7O4S.